The lowest BCUT2D eigenvalue weighted by molar-refractivity contribution is -0.117. The van der Waals surface area contributed by atoms with E-state index in [2.05, 4.69) is 5.32 Å². The Morgan fingerprint density at radius 3 is 3.07 bits per heavy atom. The third kappa shape index (κ3) is 1.86. The highest BCUT2D eigenvalue weighted by Crippen LogP contribution is 2.35. The molecule has 0 radical (unpaired) electrons. The maximum absolute atomic E-state index is 13.0. The molecule has 0 aromatic heterocycles. The first kappa shape index (κ1) is 9.76. The van der Waals surface area contributed by atoms with Gasteiger partial charge in [0, 0.05) is 12.1 Å². The molecule has 0 spiro atoms. The van der Waals surface area contributed by atoms with E-state index in [4.69, 9.17) is 10.5 Å². The van der Waals surface area contributed by atoms with E-state index < -0.39 is 5.82 Å². The Balaban J connectivity index is 2.50. The molecule has 5 heteroatoms. The van der Waals surface area contributed by atoms with Crippen LogP contribution in [0.15, 0.2) is 12.1 Å². The van der Waals surface area contributed by atoms with Gasteiger partial charge in [-0.2, -0.15) is 0 Å². The predicted molar refractivity (Wildman–Crippen MR) is 54.1 cm³/mol. The molecular formula is C10H11FN2O2. The quantitative estimate of drug-likeness (QED) is 0.638. The first-order chi connectivity index (χ1) is 7.06. The minimum absolute atomic E-state index is 0.194. The summed E-state index contributed by atoms with van der Waals surface area (Å²) in [5, 5.41) is 2.55. The van der Waals surface area contributed by atoms with E-state index in [1.165, 1.54) is 12.1 Å². The molecule has 0 aliphatic carbocycles. The summed E-state index contributed by atoms with van der Waals surface area (Å²) in [7, 11) is 0. The van der Waals surface area contributed by atoms with Gasteiger partial charge in [-0.1, -0.05) is 0 Å². The van der Waals surface area contributed by atoms with Crippen molar-refractivity contribution in [3.05, 3.63) is 17.9 Å². The predicted octanol–water partition coefficient (Wildman–Crippen LogP) is 1.52. The van der Waals surface area contributed by atoms with Crippen LogP contribution in [0.2, 0.25) is 0 Å². The smallest absolute Gasteiger partial charge is 0.228 e. The summed E-state index contributed by atoms with van der Waals surface area (Å²) in [6.07, 6.45) is -0.0329. The number of anilines is 2. The van der Waals surface area contributed by atoms with E-state index in [1.807, 2.05) is 0 Å². The lowest BCUT2D eigenvalue weighted by atomic mass is 10.2. The fourth-order valence-corrected chi connectivity index (χ4v) is 1.54. The lowest BCUT2D eigenvalue weighted by Crippen LogP contribution is -2.17. The Morgan fingerprint density at radius 2 is 2.33 bits per heavy atom. The third-order valence-electron chi connectivity index (χ3n) is 2.15. The number of hydrogen-bond acceptors (Lipinski definition) is 3. The van der Waals surface area contributed by atoms with Crippen LogP contribution in [0.3, 0.4) is 0 Å². The minimum Gasteiger partial charge on any atom is -0.486 e. The Labute approximate surface area is 86.2 Å². The van der Waals surface area contributed by atoms with Crippen LogP contribution in [0.25, 0.3) is 0 Å². The zero-order valence-corrected chi connectivity index (χ0v) is 8.21. The molecule has 0 fully saturated rings. The zero-order chi connectivity index (χ0) is 11.0. The molecule has 1 amide bonds. The summed E-state index contributed by atoms with van der Waals surface area (Å²) < 4.78 is 18.5. The van der Waals surface area contributed by atoms with Crippen LogP contribution in [-0.4, -0.2) is 12.0 Å². The highest BCUT2D eigenvalue weighted by Gasteiger charge is 2.21. The molecule has 15 heavy (non-hydrogen) atoms. The maximum atomic E-state index is 13.0. The third-order valence-corrected chi connectivity index (χ3v) is 2.15. The van der Waals surface area contributed by atoms with Gasteiger partial charge in [-0.05, 0) is 6.92 Å². The molecular weight excluding hydrogens is 199 g/mol. The Morgan fingerprint density at radius 1 is 1.60 bits per heavy atom. The van der Waals surface area contributed by atoms with Gasteiger partial charge >= 0.3 is 0 Å². The molecule has 1 heterocycles. The summed E-state index contributed by atoms with van der Waals surface area (Å²) in [5.41, 5.74) is 6.09. The lowest BCUT2D eigenvalue weighted by Gasteiger charge is -2.13. The molecule has 0 saturated heterocycles. The van der Waals surface area contributed by atoms with Crippen LogP contribution in [0.5, 0.6) is 5.75 Å². The van der Waals surface area contributed by atoms with E-state index in [0.29, 0.717) is 11.4 Å². The number of ether oxygens (including phenoxy) is 1. The van der Waals surface area contributed by atoms with Crippen molar-refractivity contribution in [3.63, 3.8) is 0 Å². The van der Waals surface area contributed by atoms with Crippen molar-refractivity contribution >= 4 is 17.3 Å². The van der Waals surface area contributed by atoms with E-state index in [1.54, 1.807) is 6.92 Å². The summed E-state index contributed by atoms with van der Waals surface area (Å²) in [4.78, 5) is 11.3. The van der Waals surface area contributed by atoms with E-state index in [-0.39, 0.29) is 24.1 Å². The number of amides is 1. The monoisotopic (exact) mass is 210 g/mol. The molecule has 0 bridgehead atoms. The van der Waals surface area contributed by atoms with Gasteiger partial charge in [0.1, 0.15) is 11.9 Å². The highest BCUT2D eigenvalue weighted by molar-refractivity contribution is 5.94. The van der Waals surface area contributed by atoms with Gasteiger partial charge in [0.15, 0.2) is 5.75 Å². The number of nitrogen functional groups attached to an aromatic ring is 1. The summed E-state index contributed by atoms with van der Waals surface area (Å²) in [6.45, 7) is 1.76. The van der Waals surface area contributed by atoms with Gasteiger partial charge in [0.2, 0.25) is 5.91 Å². The molecule has 1 aromatic rings. The second kappa shape index (κ2) is 3.42. The van der Waals surface area contributed by atoms with Crippen LogP contribution in [0.1, 0.15) is 13.3 Å². The zero-order valence-electron chi connectivity index (χ0n) is 8.21. The molecule has 80 valence electrons. The van der Waals surface area contributed by atoms with E-state index in [0.717, 1.165) is 0 Å². The second-order valence-corrected chi connectivity index (χ2v) is 3.55. The molecule has 1 unspecified atom stereocenters. The Kier molecular flexibility index (Phi) is 2.22. The van der Waals surface area contributed by atoms with E-state index in [9.17, 15) is 9.18 Å². The van der Waals surface area contributed by atoms with Crippen LogP contribution in [0, 0.1) is 5.82 Å². The summed E-state index contributed by atoms with van der Waals surface area (Å²) in [5.74, 6) is -0.356. The molecule has 1 aliphatic heterocycles. The van der Waals surface area contributed by atoms with Crippen LogP contribution in [0.4, 0.5) is 15.8 Å². The van der Waals surface area contributed by atoms with Crippen molar-refractivity contribution in [1.82, 2.24) is 0 Å². The van der Waals surface area contributed by atoms with Gasteiger partial charge in [-0.3, -0.25) is 4.79 Å². The van der Waals surface area contributed by atoms with Crippen LogP contribution < -0.4 is 15.8 Å². The summed E-state index contributed by atoms with van der Waals surface area (Å²) >= 11 is 0. The van der Waals surface area contributed by atoms with Gasteiger partial charge in [-0.15, -0.1) is 0 Å². The number of nitrogens with one attached hydrogen (secondary N) is 1. The largest absolute Gasteiger partial charge is 0.486 e. The van der Waals surface area contributed by atoms with Gasteiger partial charge < -0.3 is 15.8 Å². The second-order valence-electron chi connectivity index (χ2n) is 3.55. The number of carbonyl (C=O) groups is 1. The normalized spacial score (nSPS) is 19.9. The number of carbonyl (C=O) groups excluding carboxylic acids is 1. The van der Waals surface area contributed by atoms with Gasteiger partial charge in [-0.25, -0.2) is 4.39 Å². The molecule has 3 N–H and O–H groups in total. The standard InChI is InChI=1S/C10H11FN2O2/c1-5-2-9(14)13-8-4-6(11)3-7(12)10(8)15-5/h3-5H,2,12H2,1H3,(H,13,14). The van der Waals surface area contributed by atoms with Crippen molar-refractivity contribution < 1.29 is 13.9 Å². The minimum atomic E-state index is -0.496. The molecule has 1 aromatic carbocycles. The molecule has 1 aliphatic rings. The van der Waals surface area contributed by atoms with Crippen molar-refractivity contribution in [2.45, 2.75) is 19.4 Å². The highest BCUT2D eigenvalue weighted by atomic mass is 19.1. The van der Waals surface area contributed by atoms with E-state index >= 15 is 0 Å². The maximum Gasteiger partial charge on any atom is 0.228 e. The van der Waals surface area contributed by atoms with Crippen molar-refractivity contribution in [1.29, 1.82) is 0 Å². The fourth-order valence-electron chi connectivity index (χ4n) is 1.54. The number of rotatable bonds is 0. The fraction of sp³-hybridized carbons (Fsp3) is 0.300. The first-order valence-corrected chi connectivity index (χ1v) is 4.62. The number of fused-ring (bicyclic) bond motifs is 1. The van der Waals surface area contributed by atoms with Crippen LogP contribution in [-0.2, 0) is 4.79 Å². The van der Waals surface area contributed by atoms with Crippen molar-refractivity contribution in [2.75, 3.05) is 11.1 Å². The Bertz CT molecular complexity index is 420. The number of hydrogen-bond donors (Lipinski definition) is 2. The molecule has 4 nitrogen and oxygen atoms in total. The van der Waals surface area contributed by atoms with Gasteiger partial charge in [0.25, 0.3) is 0 Å². The topological polar surface area (TPSA) is 64.4 Å². The van der Waals surface area contributed by atoms with Gasteiger partial charge in [0.05, 0.1) is 17.8 Å². The number of nitrogens with two attached hydrogens (primary N) is 1. The molecule has 2 rings (SSSR count). The first-order valence-electron chi connectivity index (χ1n) is 4.62. The number of halogens is 1. The van der Waals surface area contributed by atoms with Crippen LogP contribution >= 0.6 is 0 Å². The number of benzene rings is 1. The average Bonchev–Trinajstić information content (AvgIpc) is 2.22. The Hall–Kier alpha value is -1.78. The molecule has 0 saturated carbocycles. The SMILES string of the molecule is CC1CC(=O)Nc2cc(F)cc(N)c2O1. The summed E-state index contributed by atoms with van der Waals surface area (Å²) in [6, 6.07) is 2.37. The van der Waals surface area contributed by atoms with Crippen molar-refractivity contribution in [2.24, 2.45) is 0 Å². The average molecular weight is 210 g/mol. The molecule has 1 atom stereocenters. The van der Waals surface area contributed by atoms with Crippen molar-refractivity contribution in [3.8, 4) is 5.75 Å².